The van der Waals surface area contributed by atoms with Gasteiger partial charge in [0.1, 0.15) is 6.61 Å². The summed E-state index contributed by atoms with van der Waals surface area (Å²) in [5.74, 6) is -4.06. The summed E-state index contributed by atoms with van der Waals surface area (Å²) in [5.41, 5.74) is 1.58. The Morgan fingerprint density at radius 1 is 0.846 bits per heavy atom. The Morgan fingerprint density at radius 2 is 1.31 bits per heavy atom. The van der Waals surface area contributed by atoms with Gasteiger partial charge >= 0.3 is 11.9 Å². The van der Waals surface area contributed by atoms with Crippen LogP contribution in [-0.2, 0) is 19.1 Å². The van der Waals surface area contributed by atoms with Crippen molar-refractivity contribution in [3.8, 4) is 0 Å². The minimum Gasteiger partial charge on any atom is -0.481 e. The number of ketones is 1. The minimum absolute atomic E-state index is 0.250. The molecule has 0 heterocycles. The number of aliphatic carboxylic acids is 1. The zero-order chi connectivity index (χ0) is 18.7. The smallest absolute Gasteiger partial charge is 0.310 e. The second kappa shape index (κ2) is 7.52. The normalized spacial score (nSPS) is 24.3. The van der Waals surface area contributed by atoms with Gasteiger partial charge in [0.05, 0.1) is 11.8 Å². The Balaban J connectivity index is 1.99. The van der Waals surface area contributed by atoms with E-state index in [-0.39, 0.29) is 12.4 Å². The number of benzene rings is 2. The number of Topliss-reactive ketones (excluding diaryl/α,β-unsaturated/α-hetero) is 1. The lowest BCUT2D eigenvalue weighted by molar-refractivity contribution is -0.165. The van der Waals surface area contributed by atoms with Crippen molar-refractivity contribution in [3.05, 3.63) is 71.8 Å². The summed E-state index contributed by atoms with van der Waals surface area (Å²) >= 11 is 0. The molecule has 0 amide bonds. The van der Waals surface area contributed by atoms with Gasteiger partial charge in [0.15, 0.2) is 5.78 Å². The molecule has 0 saturated heterocycles. The molecule has 1 aliphatic carbocycles. The predicted octanol–water partition coefficient (Wildman–Crippen LogP) is 3.02. The highest BCUT2D eigenvalue weighted by molar-refractivity contribution is 5.86. The molecule has 0 radical (unpaired) electrons. The van der Waals surface area contributed by atoms with Crippen LogP contribution in [0, 0.1) is 11.8 Å². The Hall–Kier alpha value is -2.95. The van der Waals surface area contributed by atoms with Crippen molar-refractivity contribution in [3.63, 3.8) is 0 Å². The van der Waals surface area contributed by atoms with E-state index in [9.17, 15) is 19.5 Å². The van der Waals surface area contributed by atoms with Gasteiger partial charge in [-0.05, 0) is 18.1 Å². The molecular weight excluding hydrogens is 332 g/mol. The average molecular weight is 352 g/mol. The van der Waals surface area contributed by atoms with Crippen LogP contribution in [-0.4, -0.2) is 29.4 Å². The Bertz CT molecular complexity index is 752. The molecule has 2 aromatic carbocycles. The van der Waals surface area contributed by atoms with E-state index >= 15 is 0 Å². The van der Waals surface area contributed by atoms with Gasteiger partial charge in [-0.25, -0.2) is 0 Å². The average Bonchev–Trinajstić information content (AvgIpc) is 2.60. The zero-order valence-corrected chi connectivity index (χ0v) is 14.4. The molecule has 3 rings (SSSR count). The van der Waals surface area contributed by atoms with Crippen molar-refractivity contribution >= 4 is 17.7 Å². The SMILES string of the molecule is CC(=O)COC(=O)[C@H]1[C@H](c2ccccc2)[C@@H](C(=O)O)[C@H]1c1ccccc1. The van der Waals surface area contributed by atoms with Gasteiger partial charge in [-0.3, -0.25) is 14.4 Å². The third kappa shape index (κ3) is 3.38. The molecule has 1 N–H and O–H groups in total. The van der Waals surface area contributed by atoms with E-state index in [0.29, 0.717) is 0 Å². The van der Waals surface area contributed by atoms with Crippen LogP contribution in [0.2, 0.25) is 0 Å². The molecule has 0 aliphatic heterocycles. The number of ether oxygens (including phenoxy) is 1. The molecule has 0 unspecified atom stereocenters. The first-order valence-electron chi connectivity index (χ1n) is 8.49. The molecule has 1 saturated carbocycles. The zero-order valence-electron chi connectivity index (χ0n) is 14.4. The van der Waals surface area contributed by atoms with Crippen LogP contribution in [0.15, 0.2) is 60.7 Å². The van der Waals surface area contributed by atoms with Gasteiger partial charge in [-0.15, -0.1) is 0 Å². The summed E-state index contributed by atoms with van der Waals surface area (Å²) < 4.78 is 5.16. The van der Waals surface area contributed by atoms with E-state index in [4.69, 9.17) is 4.74 Å². The maximum absolute atomic E-state index is 12.7. The van der Waals surface area contributed by atoms with E-state index in [1.54, 1.807) is 0 Å². The van der Waals surface area contributed by atoms with Crippen molar-refractivity contribution in [1.82, 2.24) is 0 Å². The lowest BCUT2D eigenvalue weighted by atomic mass is 9.52. The van der Waals surface area contributed by atoms with Gasteiger partial charge < -0.3 is 9.84 Å². The number of esters is 1. The quantitative estimate of drug-likeness (QED) is 0.808. The lowest BCUT2D eigenvalue weighted by Gasteiger charge is -2.49. The lowest BCUT2D eigenvalue weighted by Crippen LogP contribution is -2.51. The van der Waals surface area contributed by atoms with Crippen LogP contribution in [0.4, 0.5) is 0 Å². The molecule has 1 fully saturated rings. The summed E-state index contributed by atoms with van der Waals surface area (Å²) in [5, 5.41) is 9.81. The maximum Gasteiger partial charge on any atom is 0.310 e. The molecule has 0 aromatic heterocycles. The standard InChI is InChI=1S/C21H20O5/c1-13(22)12-26-21(25)19-16(14-8-4-2-5-9-14)18(20(23)24)17(19)15-10-6-3-7-11-15/h2-11,16-19H,12H2,1H3,(H,23,24)/t16-,17-,18-,19+/m1/s1. The second-order valence-corrected chi connectivity index (χ2v) is 6.57. The van der Waals surface area contributed by atoms with Crippen LogP contribution >= 0.6 is 0 Å². The highest BCUT2D eigenvalue weighted by atomic mass is 16.5. The second-order valence-electron chi connectivity index (χ2n) is 6.57. The van der Waals surface area contributed by atoms with Gasteiger partial charge in [0, 0.05) is 11.8 Å². The van der Waals surface area contributed by atoms with Crippen molar-refractivity contribution < 1.29 is 24.2 Å². The number of carbonyl (C=O) groups is 3. The fraction of sp³-hybridized carbons (Fsp3) is 0.286. The van der Waals surface area contributed by atoms with Crippen LogP contribution < -0.4 is 0 Å². The molecule has 2 aromatic rings. The minimum atomic E-state index is -0.941. The molecular formula is C21H20O5. The molecule has 5 nitrogen and oxygen atoms in total. The molecule has 0 bridgehead atoms. The molecule has 26 heavy (non-hydrogen) atoms. The fourth-order valence-corrected chi connectivity index (χ4v) is 3.80. The summed E-state index contributed by atoms with van der Waals surface area (Å²) in [6.07, 6.45) is 0. The van der Waals surface area contributed by atoms with Gasteiger partial charge in [-0.2, -0.15) is 0 Å². The number of carboxylic acids is 1. The highest BCUT2D eigenvalue weighted by Crippen LogP contribution is 2.57. The number of carboxylic acid groups (broad SMARTS) is 1. The van der Waals surface area contributed by atoms with Gasteiger partial charge in [-0.1, -0.05) is 60.7 Å². The first kappa shape index (κ1) is 17.9. The van der Waals surface area contributed by atoms with Crippen molar-refractivity contribution in [2.24, 2.45) is 11.8 Å². The topological polar surface area (TPSA) is 80.7 Å². The molecule has 2 atom stereocenters. The first-order chi connectivity index (χ1) is 12.5. The van der Waals surface area contributed by atoms with Crippen molar-refractivity contribution in [2.75, 3.05) is 6.61 Å². The summed E-state index contributed by atoms with van der Waals surface area (Å²) in [6, 6.07) is 18.3. The summed E-state index contributed by atoms with van der Waals surface area (Å²) in [7, 11) is 0. The van der Waals surface area contributed by atoms with Crippen molar-refractivity contribution in [2.45, 2.75) is 18.8 Å². The fourth-order valence-electron chi connectivity index (χ4n) is 3.80. The first-order valence-corrected chi connectivity index (χ1v) is 8.49. The van der Waals surface area contributed by atoms with Crippen LogP contribution in [0.1, 0.15) is 29.9 Å². The van der Waals surface area contributed by atoms with E-state index in [0.717, 1.165) is 11.1 Å². The van der Waals surface area contributed by atoms with E-state index in [2.05, 4.69) is 0 Å². The Morgan fingerprint density at radius 3 is 1.69 bits per heavy atom. The summed E-state index contributed by atoms with van der Waals surface area (Å²) in [4.78, 5) is 35.9. The van der Waals surface area contributed by atoms with Crippen molar-refractivity contribution in [1.29, 1.82) is 0 Å². The van der Waals surface area contributed by atoms with E-state index in [1.807, 2.05) is 60.7 Å². The highest BCUT2D eigenvalue weighted by Gasteiger charge is 2.59. The van der Waals surface area contributed by atoms with Crippen LogP contribution in [0.5, 0.6) is 0 Å². The third-order valence-electron chi connectivity index (χ3n) is 4.89. The largest absolute Gasteiger partial charge is 0.481 e. The van der Waals surface area contributed by atoms with Gasteiger partial charge in [0.25, 0.3) is 0 Å². The Labute approximate surface area is 151 Å². The molecule has 134 valence electrons. The van der Waals surface area contributed by atoms with Crippen LogP contribution in [0.3, 0.4) is 0 Å². The third-order valence-corrected chi connectivity index (χ3v) is 4.89. The maximum atomic E-state index is 12.7. The number of rotatable bonds is 6. The number of hydrogen-bond acceptors (Lipinski definition) is 4. The van der Waals surface area contributed by atoms with E-state index in [1.165, 1.54) is 6.92 Å². The molecule has 5 heteroatoms. The van der Waals surface area contributed by atoms with E-state index < -0.39 is 35.6 Å². The monoisotopic (exact) mass is 352 g/mol. The van der Waals surface area contributed by atoms with Crippen LogP contribution in [0.25, 0.3) is 0 Å². The number of carbonyl (C=O) groups excluding carboxylic acids is 2. The predicted molar refractivity (Wildman–Crippen MR) is 94.6 cm³/mol. The molecule has 0 spiro atoms. The number of hydrogen-bond donors (Lipinski definition) is 1. The van der Waals surface area contributed by atoms with Gasteiger partial charge in [0.2, 0.25) is 0 Å². The summed E-state index contributed by atoms with van der Waals surface area (Å²) in [6.45, 7) is 1.05. The Kier molecular flexibility index (Phi) is 5.16. The molecule has 1 aliphatic rings.